The molecule has 7 nitrogen and oxygen atoms in total. The largest absolute Gasteiger partial charge is 0.459 e. The molecule has 0 spiro atoms. The predicted octanol–water partition coefficient (Wildman–Crippen LogP) is 1.97. The predicted molar refractivity (Wildman–Crippen MR) is 93.6 cm³/mol. The first-order chi connectivity index (χ1) is 12.1. The molecule has 2 aliphatic heterocycles. The maximum absolute atomic E-state index is 13.2. The fourth-order valence-corrected chi connectivity index (χ4v) is 4.58. The van der Waals surface area contributed by atoms with Gasteiger partial charge >= 0.3 is 5.97 Å². The Labute approximate surface area is 153 Å². The Morgan fingerprint density at radius 1 is 1.27 bits per heavy atom. The maximum atomic E-state index is 13.2. The Balaban J connectivity index is 1.96. The lowest BCUT2D eigenvalue weighted by molar-refractivity contribution is -0.142. The highest BCUT2D eigenvalue weighted by Gasteiger charge is 2.46. The van der Waals surface area contributed by atoms with E-state index in [0.717, 1.165) is 5.56 Å². The van der Waals surface area contributed by atoms with Gasteiger partial charge in [0.1, 0.15) is 18.8 Å². The summed E-state index contributed by atoms with van der Waals surface area (Å²) in [6.45, 7) is 6.68. The summed E-state index contributed by atoms with van der Waals surface area (Å²) in [5, 5.41) is 0. The van der Waals surface area contributed by atoms with Gasteiger partial charge in [-0.15, -0.1) is 0 Å². The van der Waals surface area contributed by atoms with Crippen molar-refractivity contribution in [2.45, 2.75) is 50.6 Å². The molecule has 0 saturated carbocycles. The zero-order valence-corrected chi connectivity index (χ0v) is 16.1. The van der Waals surface area contributed by atoms with E-state index in [4.69, 9.17) is 14.2 Å². The van der Waals surface area contributed by atoms with E-state index in [1.807, 2.05) is 6.92 Å². The molecule has 0 bridgehead atoms. The number of esters is 1. The fraction of sp³-hybridized carbons (Fsp3) is 0.500. The molecule has 8 heteroatoms. The maximum Gasteiger partial charge on any atom is 0.303 e. The molecule has 1 aromatic carbocycles. The van der Waals surface area contributed by atoms with Gasteiger partial charge in [0.15, 0.2) is 5.79 Å². The molecule has 0 unspecified atom stereocenters. The summed E-state index contributed by atoms with van der Waals surface area (Å²) in [5.41, 5.74) is 1.33. The van der Waals surface area contributed by atoms with E-state index in [1.165, 1.54) is 11.2 Å². The van der Waals surface area contributed by atoms with Gasteiger partial charge in [0.2, 0.25) is 0 Å². The van der Waals surface area contributed by atoms with Gasteiger partial charge < -0.3 is 14.2 Å². The number of aryl methyl sites for hydroxylation is 1. The van der Waals surface area contributed by atoms with Gasteiger partial charge in [-0.2, -0.15) is 0 Å². The van der Waals surface area contributed by atoms with Crippen molar-refractivity contribution in [2.24, 2.45) is 0 Å². The van der Waals surface area contributed by atoms with Crippen molar-refractivity contribution >= 4 is 16.0 Å². The van der Waals surface area contributed by atoms with Crippen molar-refractivity contribution in [1.82, 2.24) is 4.31 Å². The molecule has 2 aliphatic rings. The molecule has 0 radical (unpaired) electrons. The van der Waals surface area contributed by atoms with E-state index in [1.54, 1.807) is 44.2 Å². The van der Waals surface area contributed by atoms with Crippen LogP contribution in [0.25, 0.3) is 0 Å². The molecule has 1 saturated heterocycles. The Kier molecular flexibility index (Phi) is 4.85. The van der Waals surface area contributed by atoms with Gasteiger partial charge in [-0.1, -0.05) is 17.7 Å². The zero-order chi connectivity index (χ0) is 19.1. The molecule has 0 N–H and O–H groups in total. The average Bonchev–Trinajstić information content (AvgIpc) is 2.85. The van der Waals surface area contributed by atoms with Crippen LogP contribution in [0.15, 0.2) is 40.9 Å². The van der Waals surface area contributed by atoms with Gasteiger partial charge in [-0.05, 0) is 39.0 Å². The molecule has 1 aromatic rings. The third-order valence-electron chi connectivity index (χ3n) is 4.28. The lowest BCUT2D eigenvalue weighted by Crippen LogP contribution is -2.45. The van der Waals surface area contributed by atoms with Crippen molar-refractivity contribution in [3.8, 4) is 0 Å². The van der Waals surface area contributed by atoms with Crippen molar-refractivity contribution in [3.05, 3.63) is 41.6 Å². The molecule has 0 amide bonds. The minimum absolute atomic E-state index is 0.0946. The normalized spacial score (nSPS) is 24.8. The van der Waals surface area contributed by atoms with Crippen molar-refractivity contribution in [3.63, 3.8) is 0 Å². The van der Waals surface area contributed by atoms with Gasteiger partial charge in [-0.3, -0.25) is 9.10 Å². The van der Waals surface area contributed by atoms with Crippen molar-refractivity contribution in [2.75, 3.05) is 13.2 Å². The smallest absolute Gasteiger partial charge is 0.303 e. The fourth-order valence-electron chi connectivity index (χ4n) is 3.08. The van der Waals surface area contributed by atoms with E-state index in [2.05, 4.69) is 0 Å². The second-order valence-electron chi connectivity index (χ2n) is 6.93. The van der Waals surface area contributed by atoms with E-state index >= 15 is 0 Å². The summed E-state index contributed by atoms with van der Waals surface area (Å²) >= 11 is 0. The summed E-state index contributed by atoms with van der Waals surface area (Å²) in [7, 11) is -3.81. The van der Waals surface area contributed by atoms with Crippen molar-refractivity contribution in [1.29, 1.82) is 0 Å². The first-order valence-corrected chi connectivity index (χ1v) is 9.82. The number of hydrogen-bond acceptors (Lipinski definition) is 6. The van der Waals surface area contributed by atoms with E-state index in [0.29, 0.717) is 5.70 Å². The Morgan fingerprint density at radius 3 is 2.54 bits per heavy atom. The van der Waals surface area contributed by atoms with Gasteiger partial charge in [-0.25, -0.2) is 8.42 Å². The highest BCUT2D eigenvalue weighted by molar-refractivity contribution is 7.89. The van der Waals surface area contributed by atoms with E-state index < -0.39 is 27.9 Å². The van der Waals surface area contributed by atoms with E-state index in [-0.39, 0.29) is 24.2 Å². The van der Waals surface area contributed by atoms with Gasteiger partial charge in [0.25, 0.3) is 10.0 Å². The Bertz CT molecular complexity index is 828. The molecular weight excluding hydrogens is 358 g/mol. The van der Waals surface area contributed by atoms with Crippen LogP contribution >= 0.6 is 0 Å². The number of nitrogens with zero attached hydrogens (tertiary/aromatic N) is 1. The summed E-state index contributed by atoms with van der Waals surface area (Å²) < 4.78 is 44.2. The van der Waals surface area contributed by atoms with Crippen LogP contribution < -0.4 is 0 Å². The highest BCUT2D eigenvalue weighted by Crippen LogP contribution is 2.35. The van der Waals surface area contributed by atoms with Crippen LogP contribution in [0.4, 0.5) is 0 Å². The van der Waals surface area contributed by atoms with Gasteiger partial charge in [0, 0.05) is 6.92 Å². The molecule has 2 heterocycles. The van der Waals surface area contributed by atoms with Crippen LogP contribution in [0.3, 0.4) is 0 Å². The minimum atomic E-state index is -3.81. The Hall–Kier alpha value is -1.90. The monoisotopic (exact) mass is 381 g/mol. The summed E-state index contributed by atoms with van der Waals surface area (Å²) in [5.74, 6) is -1.29. The molecule has 2 atom stereocenters. The van der Waals surface area contributed by atoms with Crippen LogP contribution in [0.5, 0.6) is 0 Å². The minimum Gasteiger partial charge on any atom is -0.459 e. The van der Waals surface area contributed by atoms with Crippen LogP contribution in [-0.4, -0.2) is 49.8 Å². The molecular formula is C18H23NO6S. The number of hydrogen-bond donors (Lipinski definition) is 0. The van der Waals surface area contributed by atoms with Crippen molar-refractivity contribution < 1.29 is 27.4 Å². The molecule has 1 fully saturated rings. The number of sulfonamides is 1. The zero-order valence-electron chi connectivity index (χ0n) is 15.3. The molecule has 0 aromatic heterocycles. The molecule has 26 heavy (non-hydrogen) atoms. The lowest BCUT2D eigenvalue weighted by Gasteiger charge is -2.33. The van der Waals surface area contributed by atoms with Crippen LogP contribution in [0, 0.1) is 6.92 Å². The number of rotatable bonds is 4. The summed E-state index contributed by atoms with van der Waals surface area (Å²) in [4.78, 5) is 11.4. The SMILES string of the molecule is CC(=O)OCC1=C[C@@H]2OC(C)(C)O[C@H]2CN1S(=O)(=O)c1ccc(C)cc1. The third-order valence-corrected chi connectivity index (χ3v) is 6.11. The number of fused-ring (bicyclic) bond motifs is 1. The second-order valence-corrected chi connectivity index (χ2v) is 8.79. The Morgan fingerprint density at radius 2 is 1.92 bits per heavy atom. The van der Waals surface area contributed by atoms with Crippen LogP contribution in [0.1, 0.15) is 26.3 Å². The average molecular weight is 381 g/mol. The lowest BCUT2D eigenvalue weighted by atomic mass is 10.1. The third kappa shape index (κ3) is 3.77. The number of carbonyl (C=O) groups is 1. The number of benzene rings is 1. The highest BCUT2D eigenvalue weighted by atomic mass is 32.2. The first-order valence-electron chi connectivity index (χ1n) is 8.37. The topological polar surface area (TPSA) is 82.1 Å². The molecule has 0 aliphatic carbocycles. The van der Waals surface area contributed by atoms with Crippen LogP contribution in [-0.2, 0) is 29.0 Å². The second kappa shape index (κ2) is 6.68. The number of carbonyl (C=O) groups excluding carboxylic acids is 1. The number of ether oxygens (including phenoxy) is 3. The van der Waals surface area contributed by atoms with Gasteiger partial charge in [0.05, 0.1) is 17.1 Å². The molecule has 3 rings (SSSR count). The standard InChI is InChI=1S/C18H23NO6S/c1-12-5-7-15(8-6-12)26(21,22)19-10-17-16(24-18(3,4)25-17)9-14(19)11-23-13(2)20/h5-9,16-17H,10-11H2,1-4H3/t16-,17-/m0/s1. The first kappa shape index (κ1) is 18.9. The summed E-state index contributed by atoms with van der Waals surface area (Å²) in [6, 6.07) is 6.62. The summed E-state index contributed by atoms with van der Waals surface area (Å²) in [6.07, 6.45) is 0.851. The quantitative estimate of drug-likeness (QED) is 0.742. The van der Waals surface area contributed by atoms with E-state index in [9.17, 15) is 13.2 Å². The van der Waals surface area contributed by atoms with Crippen LogP contribution in [0.2, 0.25) is 0 Å². The molecule has 142 valence electrons.